The first-order valence-electron chi connectivity index (χ1n) is 11.8. The Morgan fingerprint density at radius 3 is 2.48 bits per heavy atom. The van der Waals surface area contributed by atoms with Crippen LogP contribution in [0.1, 0.15) is 48.0 Å². The maximum atomic E-state index is 13.4. The van der Waals surface area contributed by atoms with Crippen molar-refractivity contribution in [1.29, 1.82) is 0 Å². The minimum Gasteiger partial charge on any atom is -0.360 e. The zero-order chi connectivity index (χ0) is 23.0. The van der Waals surface area contributed by atoms with Crippen molar-refractivity contribution in [1.82, 2.24) is 9.80 Å². The van der Waals surface area contributed by atoms with Crippen molar-refractivity contribution in [3.63, 3.8) is 0 Å². The molecular formula is C25H31N3O3S2. The topological polar surface area (TPSA) is 69.7 Å². The summed E-state index contributed by atoms with van der Waals surface area (Å²) in [6.45, 7) is 4.78. The van der Waals surface area contributed by atoms with Crippen LogP contribution in [0.15, 0.2) is 52.3 Å². The summed E-state index contributed by atoms with van der Waals surface area (Å²) >= 11 is 1.82. The smallest absolute Gasteiger partial charge is 0.255 e. The molecule has 1 aliphatic carbocycles. The van der Waals surface area contributed by atoms with Gasteiger partial charge in [0.05, 0.1) is 15.7 Å². The van der Waals surface area contributed by atoms with Crippen LogP contribution in [0.2, 0.25) is 0 Å². The molecule has 1 N–H and O–H groups in total. The van der Waals surface area contributed by atoms with Crippen molar-refractivity contribution in [2.24, 2.45) is 0 Å². The lowest BCUT2D eigenvalue weighted by molar-refractivity contribution is 0.0630. The number of rotatable bonds is 4. The molecular weight excluding hydrogens is 454 g/mol. The summed E-state index contributed by atoms with van der Waals surface area (Å²) in [7, 11) is -3.51. The zero-order valence-electron chi connectivity index (χ0n) is 19.0. The Labute approximate surface area is 200 Å². The molecule has 1 unspecified atom stereocenters. The summed E-state index contributed by atoms with van der Waals surface area (Å²) in [5.74, 6) is -0.171. The highest BCUT2D eigenvalue weighted by molar-refractivity contribution is 8.00. The number of fused-ring (bicyclic) bond motifs is 1. The van der Waals surface area contributed by atoms with Crippen LogP contribution in [0.3, 0.4) is 0 Å². The van der Waals surface area contributed by atoms with E-state index >= 15 is 0 Å². The molecule has 176 valence electrons. The third-order valence-corrected chi connectivity index (χ3v) is 10.6. The number of thioether (sulfide) groups is 1. The van der Waals surface area contributed by atoms with Gasteiger partial charge in [-0.3, -0.25) is 9.69 Å². The fraction of sp³-hybridized carbons (Fsp3) is 0.480. The average molecular weight is 486 g/mol. The number of benzene rings is 2. The van der Waals surface area contributed by atoms with E-state index in [2.05, 4.69) is 35.3 Å². The highest BCUT2D eigenvalue weighted by Gasteiger charge is 2.35. The predicted molar refractivity (Wildman–Crippen MR) is 132 cm³/mol. The molecule has 0 aromatic heterocycles. The number of aryl methyl sites for hydroxylation is 1. The zero-order valence-corrected chi connectivity index (χ0v) is 20.6. The first kappa shape index (κ1) is 22.7. The fourth-order valence-electron chi connectivity index (χ4n) is 5.07. The van der Waals surface area contributed by atoms with Crippen LogP contribution >= 0.6 is 11.8 Å². The van der Waals surface area contributed by atoms with Gasteiger partial charge in [0.2, 0.25) is 0 Å². The van der Waals surface area contributed by atoms with Crippen LogP contribution in [0.25, 0.3) is 0 Å². The number of nitrogens with one attached hydrogen (secondary N) is 1. The second-order valence-electron chi connectivity index (χ2n) is 9.24. The van der Waals surface area contributed by atoms with Crippen molar-refractivity contribution < 1.29 is 13.2 Å². The molecule has 5 rings (SSSR count). The summed E-state index contributed by atoms with van der Waals surface area (Å²) in [6.07, 6.45) is 4.36. The lowest BCUT2D eigenvalue weighted by atomic mass is 10.0. The lowest BCUT2D eigenvalue weighted by Crippen LogP contribution is -2.52. The fourth-order valence-corrected chi connectivity index (χ4v) is 8.41. The van der Waals surface area contributed by atoms with E-state index in [0.717, 1.165) is 38.0 Å². The van der Waals surface area contributed by atoms with E-state index in [1.54, 1.807) is 24.3 Å². The minimum atomic E-state index is -3.51. The van der Waals surface area contributed by atoms with Crippen molar-refractivity contribution in [3.8, 4) is 0 Å². The van der Waals surface area contributed by atoms with E-state index in [1.165, 1.54) is 10.5 Å². The van der Waals surface area contributed by atoms with Crippen LogP contribution in [-0.2, 0) is 9.84 Å². The molecule has 2 aliphatic heterocycles. The normalized spacial score (nSPS) is 22.1. The number of sulfone groups is 1. The summed E-state index contributed by atoms with van der Waals surface area (Å²) < 4.78 is 26.7. The van der Waals surface area contributed by atoms with Crippen LogP contribution < -0.4 is 5.32 Å². The molecule has 2 aromatic carbocycles. The Balaban J connectivity index is 1.27. The van der Waals surface area contributed by atoms with Gasteiger partial charge in [-0.15, -0.1) is 0 Å². The third-order valence-electron chi connectivity index (χ3n) is 7.00. The van der Waals surface area contributed by atoms with Gasteiger partial charge in [0.25, 0.3) is 5.91 Å². The Bertz CT molecular complexity index is 1140. The van der Waals surface area contributed by atoms with Crippen LogP contribution in [-0.4, -0.2) is 61.1 Å². The van der Waals surface area contributed by atoms with Crippen molar-refractivity contribution in [3.05, 3.63) is 53.6 Å². The van der Waals surface area contributed by atoms with Gasteiger partial charge in [-0.05, 0) is 49.6 Å². The van der Waals surface area contributed by atoms with Gasteiger partial charge in [0, 0.05) is 36.8 Å². The van der Waals surface area contributed by atoms with Gasteiger partial charge < -0.3 is 10.2 Å². The number of amides is 1. The molecule has 0 bridgehead atoms. The number of carbonyl (C=O) groups is 1. The molecule has 1 saturated heterocycles. The molecule has 33 heavy (non-hydrogen) atoms. The van der Waals surface area contributed by atoms with Gasteiger partial charge >= 0.3 is 0 Å². The highest BCUT2D eigenvalue weighted by Crippen LogP contribution is 2.40. The first-order valence-corrected chi connectivity index (χ1v) is 14.3. The predicted octanol–water partition coefficient (Wildman–Crippen LogP) is 4.36. The number of piperazine rings is 1. The van der Waals surface area contributed by atoms with Gasteiger partial charge in [0.1, 0.15) is 5.50 Å². The molecule has 2 fully saturated rings. The van der Waals surface area contributed by atoms with Crippen molar-refractivity contribution >= 4 is 33.2 Å². The summed E-state index contributed by atoms with van der Waals surface area (Å²) in [5, 5.41) is 3.21. The lowest BCUT2D eigenvalue weighted by Gasteiger charge is -2.37. The SMILES string of the molecule is Cc1ccc2c(c1)SC(N1CCN(C(=O)c3ccccc3S(=O)(=O)C3CCCCC3)CC1)N2. The van der Waals surface area contributed by atoms with E-state index in [0.29, 0.717) is 31.5 Å². The van der Waals surface area contributed by atoms with Crippen LogP contribution in [0.4, 0.5) is 5.69 Å². The Morgan fingerprint density at radius 2 is 1.73 bits per heavy atom. The van der Waals surface area contributed by atoms with E-state index in [9.17, 15) is 13.2 Å². The maximum absolute atomic E-state index is 13.4. The molecule has 1 amide bonds. The van der Waals surface area contributed by atoms with Crippen molar-refractivity contribution in [2.45, 2.75) is 59.6 Å². The molecule has 0 radical (unpaired) electrons. The van der Waals surface area contributed by atoms with E-state index < -0.39 is 9.84 Å². The Morgan fingerprint density at radius 1 is 1.00 bits per heavy atom. The Hall–Kier alpha value is -2.03. The van der Waals surface area contributed by atoms with Crippen molar-refractivity contribution in [2.75, 3.05) is 31.5 Å². The number of anilines is 1. The van der Waals surface area contributed by atoms with Crippen LogP contribution in [0, 0.1) is 6.92 Å². The van der Waals surface area contributed by atoms with E-state index in [1.807, 2.05) is 16.7 Å². The van der Waals surface area contributed by atoms with Gasteiger partial charge in [-0.1, -0.05) is 49.2 Å². The first-order chi connectivity index (χ1) is 15.9. The average Bonchev–Trinajstić information content (AvgIpc) is 3.27. The summed E-state index contributed by atoms with van der Waals surface area (Å²) in [6, 6.07) is 13.2. The molecule has 2 heterocycles. The van der Waals surface area contributed by atoms with Gasteiger partial charge in [0.15, 0.2) is 9.84 Å². The number of nitrogens with zero attached hydrogens (tertiary/aromatic N) is 2. The molecule has 0 spiro atoms. The number of hydrogen-bond acceptors (Lipinski definition) is 6. The summed E-state index contributed by atoms with van der Waals surface area (Å²) in [4.78, 5) is 19.1. The van der Waals surface area contributed by atoms with E-state index in [-0.39, 0.29) is 21.6 Å². The molecule has 8 heteroatoms. The number of carbonyl (C=O) groups excluding carboxylic acids is 1. The molecule has 6 nitrogen and oxygen atoms in total. The second kappa shape index (κ2) is 9.31. The standard InChI is InChI=1S/C25H31N3O3S2/c1-18-11-12-21-22(17-18)32-25(26-21)28-15-13-27(14-16-28)24(29)20-9-5-6-10-23(20)33(30,31)19-7-3-2-4-8-19/h5-6,9-12,17,19,25-26H,2-4,7-8,13-16H2,1H3. The van der Waals surface area contributed by atoms with E-state index in [4.69, 9.17) is 0 Å². The molecule has 3 aliphatic rings. The quantitative estimate of drug-likeness (QED) is 0.694. The monoisotopic (exact) mass is 485 g/mol. The largest absolute Gasteiger partial charge is 0.360 e. The number of hydrogen-bond donors (Lipinski definition) is 1. The molecule has 1 saturated carbocycles. The third kappa shape index (κ3) is 4.53. The highest BCUT2D eigenvalue weighted by atomic mass is 32.2. The summed E-state index contributed by atoms with van der Waals surface area (Å²) in [5.41, 5.74) is 2.91. The second-order valence-corrected chi connectivity index (χ2v) is 12.6. The molecule has 2 aromatic rings. The maximum Gasteiger partial charge on any atom is 0.255 e. The minimum absolute atomic E-state index is 0.165. The molecule has 1 atom stereocenters. The van der Waals surface area contributed by atoms with Crippen LogP contribution in [0.5, 0.6) is 0 Å². The van der Waals surface area contributed by atoms with Gasteiger partial charge in [-0.25, -0.2) is 8.42 Å². The Kier molecular flexibility index (Phi) is 6.42. The van der Waals surface area contributed by atoms with Gasteiger partial charge in [-0.2, -0.15) is 0 Å².